The topological polar surface area (TPSA) is 49.7 Å². The molecule has 0 amide bonds. The largest absolute Gasteiger partial charge is 0.396 e. The number of benzene rings is 2. The van der Waals surface area contributed by atoms with Gasteiger partial charge in [-0.2, -0.15) is 0 Å². The van der Waals surface area contributed by atoms with Crippen molar-refractivity contribution in [1.82, 2.24) is 0 Å². The van der Waals surface area contributed by atoms with Gasteiger partial charge in [0.1, 0.15) is 6.10 Å². The van der Waals surface area contributed by atoms with Crippen LogP contribution in [0, 0.1) is 23.7 Å². The summed E-state index contributed by atoms with van der Waals surface area (Å²) in [7, 11) is -2.58. The number of aliphatic hydroxyl groups is 2. The van der Waals surface area contributed by atoms with E-state index in [1.807, 2.05) is 12.1 Å². The highest BCUT2D eigenvalue weighted by Crippen LogP contribution is 2.40. The Labute approximate surface area is 169 Å². The highest BCUT2D eigenvalue weighted by atomic mass is 28.4. The quantitative estimate of drug-likeness (QED) is 0.585. The van der Waals surface area contributed by atoms with Crippen LogP contribution in [-0.2, 0) is 4.43 Å². The molecular formula is C24H30O3Si. The SMILES string of the molecule is CC(C)(C)[Si](OCC#CC(O)[C@H]1C[C@H]1CO)(c1ccccc1)c1ccccc1. The molecule has 0 heterocycles. The summed E-state index contributed by atoms with van der Waals surface area (Å²) < 4.78 is 6.67. The molecule has 148 valence electrons. The van der Waals surface area contributed by atoms with Gasteiger partial charge in [-0.25, -0.2) is 0 Å². The van der Waals surface area contributed by atoms with Crippen molar-refractivity contribution in [1.29, 1.82) is 0 Å². The molecule has 28 heavy (non-hydrogen) atoms. The van der Waals surface area contributed by atoms with Crippen LogP contribution in [0.15, 0.2) is 60.7 Å². The first-order valence-corrected chi connectivity index (χ1v) is 11.8. The molecule has 1 aliphatic carbocycles. The normalized spacial score (nSPS) is 20.2. The molecule has 0 aliphatic heterocycles. The maximum atomic E-state index is 10.2. The van der Waals surface area contributed by atoms with Gasteiger partial charge in [0.05, 0.1) is 6.61 Å². The second-order valence-corrected chi connectivity index (χ2v) is 12.9. The Bertz CT molecular complexity index is 778. The standard InChI is InChI=1S/C24H30O3Si/c1-24(2,3)28(20-11-6-4-7-12-20,21-13-8-5-9-14-21)27-16-10-15-23(26)22-17-19(22)18-25/h4-9,11-14,19,22-23,25-26H,16-18H2,1-3H3/t19-,22-,23?/m0/s1. The Morgan fingerprint density at radius 2 is 1.57 bits per heavy atom. The van der Waals surface area contributed by atoms with Gasteiger partial charge in [-0.15, -0.1) is 0 Å². The Morgan fingerprint density at radius 1 is 1.04 bits per heavy atom. The Hall–Kier alpha value is -1.90. The molecule has 4 heteroatoms. The molecule has 0 saturated heterocycles. The predicted octanol–water partition coefficient (Wildman–Crippen LogP) is 2.56. The molecule has 3 atom stereocenters. The van der Waals surface area contributed by atoms with Gasteiger partial charge in [-0.3, -0.25) is 0 Å². The molecule has 0 spiro atoms. The van der Waals surface area contributed by atoms with Crippen molar-refractivity contribution < 1.29 is 14.6 Å². The van der Waals surface area contributed by atoms with E-state index in [0.717, 1.165) is 6.42 Å². The molecule has 0 bridgehead atoms. The van der Waals surface area contributed by atoms with Crippen LogP contribution in [0.25, 0.3) is 0 Å². The molecule has 3 rings (SSSR count). The first-order chi connectivity index (χ1) is 13.4. The van der Waals surface area contributed by atoms with Gasteiger partial charge in [-0.05, 0) is 27.8 Å². The fourth-order valence-corrected chi connectivity index (χ4v) is 8.47. The summed E-state index contributed by atoms with van der Waals surface area (Å²) in [6, 6.07) is 20.9. The first kappa shape index (κ1) is 20.8. The molecule has 1 fully saturated rings. The van der Waals surface area contributed by atoms with Crippen molar-refractivity contribution >= 4 is 18.7 Å². The molecule has 0 radical (unpaired) electrons. The zero-order chi connectivity index (χ0) is 20.2. The summed E-state index contributed by atoms with van der Waals surface area (Å²) in [5.74, 6) is 6.27. The van der Waals surface area contributed by atoms with Crippen molar-refractivity contribution in [2.24, 2.45) is 11.8 Å². The Balaban J connectivity index is 1.89. The van der Waals surface area contributed by atoms with Crippen molar-refractivity contribution in [3.63, 3.8) is 0 Å². The van der Waals surface area contributed by atoms with Crippen LogP contribution in [0.4, 0.5) is 0 Å². The average Bonchev–Trinajstić information content (AvgIpc) is 3.48. The van der Waals surface area contributed by atoms with Gasteiger partial charge >= 0.3 is 0 Å². The van der Waals surface area contributed by atoms with Crippen molar-refractivity contribution in [2.75, 3.05) is 13.2 Å². The Morgan fingerprint density at radius 3 is 2.00 bits per heavy atom. The van der Waals surface area contributed by atoms with E-state index in [-0.39, 0.29) is 30.1 Å². The van der Waals surface area contributed by atoms with E-state index >= 15 is 0 Å². The van der Waals surface area contributed by atoms with E-state index < -0.39 is 14.4 Å². The Kier molecular flexibility index (Phi) is 6.42. The third-order valence-corrected chi connectivity index (χ3v) is 10.6. The molecule has 2 aromatic rings. The molecule has 0 aromatic heterocycles. The minimum Gasteiger partial charge on any atom is -0.396 e. The van der Waals surface area contributed by atoms with Crippen LogP contribution in [0.3, 0.4) is 0 Å². The molecule has 1 saturated carbocycles. The van der Waals surface area contributed by atoms with Crippen molar-refractivity contribution in [3.8, 4) is 11.8 Å². The second kappa shape index (κ2) is 8.63. The smallest absolute Gasteiger partial charge is 0.262 e. The van der Waals surface area contributed by atoms with E-state index in [2.05, 4.69) is 81.1 Å². The fraction of sp³-hybridized carbons (Fsp3) is 0.417. The predicted molar refractivity (Wildman–Crippen MR) is 116 cm³/mol. The summed E-state index contributed by atoms with van der Waals surface area (Å²) in [5, 5.41) is 21.7. The summed E-state index contributed by atoms with van der Waals surface area (Å²) >= 11 is 0. The van der Waals surface area contributed by atoms with E-state index in [1.54, 1.807) is 0 Å². The highest BCUT2D eigenvalue weighted by molar-refractivity contribution is 6.99. The maximum Gasteiger partial charge on any atom is 0.262 e. The third kappa shape index (κ3) is 4.23. The van der Waals surface area contributed by atoms with Crippen LogP contribution < -0.4 is 10.4 Å². The van der Waals surface area contributed by atoms with Crippen LogP contribution in [-0.4, -0.2) is 37.8 Å². The summed E-state index contributed by atoms with van der Waals surface area (Å²) in [6.45, 7) is 7.11. The van der Waals surface area contributed by atoms with Crippen molar-refractivity contribution in [3.05, 3.63) is 60.7 Å². The lowest BCUT2D eigenvalue weighted by atomic mass is 10.2. The molecular weight excluding hydrogens is 364 g/mol. The van der Waals surface area contributed by atoms with Gasteiger partial charge in [0.15, 0.2) is 0 Å². The van der Waals surface area contributed by atoms with Crippen LogP contribution >= 0.6 is 0 Å². The fourth-order valence-electron chi connectivity index (χ4n) is 4.03. The van der Waals surface area contributed by atoms with E-state index in [4.69, 9.17) is 9.53 Å². The van der Waals surface area contributed by atoms with Gasteiger partial charge in [-0.1, -0.05) is 93.3 Å². The summed E-state index contributed by atoms with van der Waals surface area (Å²) in [6.07, 6.45) is 0.168. The zero-order valence-corrected chi connectivity index (χ0v) is 17.9. The third-order valence-electron chi connectivity index (χ3n) is 5.64. The molecule has 1 unspecified atom stereocenters. The van der Waals surface area contributed by atoms with Crippen LogP contribution in [0.1, 0.15) is 27.2 Å². The van der Waals surface area contributed by atoms with Gasteiger partial charge in [0.2, 0.25) is 0 Å². The van der Waals surface area contributed by atoms with E-state index in [1.165, 1.54) is 10.4 Å². The monoisotopic (exact) mass is 394 g/mol. The lowest BCUT2D eigenvalue weighted by molar-refractivity contribution is 0.185. The van der Waals surface area contributed by atoms with E-state index in [0.29, 0.717) is 0 Å². The maximum absolute atomic E-state index is 10.2. The second-order valence-electron chi connectivity index (χ2n) is 8.56. The molecule has 1 aliphatic rings. The first-order valence-electron chi connectivity index (χ1n) is 9.92. The van der Waals surface area contributed by atoms with Gasteiger partial charge in [0, 0.05) is 12.5 Å². The van der Waals surface area contributed by atoms with Crippen LogP contribution in [0.5, 0.6) is 0 Å². The van der Waals surface area contributed by atoms with Crippen molar-refractivity contribution in [2.45, 2.75) is 38.3 Å². The minimum atomic E-state index is -2.58. The van der Waals surface area contributed by atoms with Gasteiger partial charge < -0.3 is 14.6 Å². The highest BCUT2D eigenvalue weighted by Gasteiger charge is 2.50. The summed E-state index contributed by atoms with van der Waals surface area (Å²) in [4.78, 5) is 0. The number of rotatable bonds is 6. The average molecular weight is 395 g/mol. The molecule has 2 N–H and O–H groups in total. The minimum absolute atomic E-state index is 0.0888. The lowest BCUT2D eigenvalue weighted by Gasteiger charge is -2.42. The number of hydrogen-bond acceptors (Lipinski definition) is 3. The number of hydrogen-bond donors (Lipinski definition) is 2. The van der Waals surface area contributed by atoms with E-state index in [9.17, 15) is 5.11 Å². The zero-order valence-electron chi connectivity index (χ0n) is 16.9. The van der Waals surface area contributed by atoms with Crippen LogP contribution in [0.2, 0.25) is 5.04 Å². The molecule has 2 aromatic carbocycles. The summed E-state index contributed by atoms with van der Waals surface area (Å²) in [5.41, 5.74) is 0. The lowest BCUT2D eigenvalue weighted by Crippen LogP contribution is -2.66. The number of aliphatic hydroxyl groups excluding tert-OH is 2. The van der Waals surface area contributed by atoms with Gasteiger partial charge in [0.25, 0.3) is 8.32 Å². The molecule has 3 nitrogen and oxygen atoms in total.